The van der Waals surface area contributed by atoms with Gasteiger partial charge in [-0.15, -0.1) is 0 Å². The zero-order valence-electron chi connectivity index (χ0n) is 23.5. The van der Waals surface area contributed by atoms with Crippen LogP contribution in [0.1, 0.15) is 0 Å². The summed E-state index contributed by atoms with van der Waals surface area (Å²) in [7, 11) is 0. The van der Waals surface area contributed by atoms with Gasteiger partial charge in [-0.25, -0.2) is 0 Å². The molecule has 1 aromatic heterocycles. The van der Waals surface area contributed by atoms with Crippen LogP contribution in [0.4, 0.5) is 0 Å². The Morgan fingerprint density at radius 1 is 0.279 bits per heavy atom. The van der Waals surface area contributed by atoms with Gasteiger partial charge in [-0.1, -0.05) is 127 Å². The molecule has 0 aliphatic carbocycles. The van der Waals surface area contributed by atoms with Crippen LogP contribution in [-0.2, 0) is 0 Å². The van der Waals surface area contributed by atoms with Gasteiger partial charge in [0.15, 0.2) is 0 Å². The third kappa shape index (κ3) is 3.79. The molecule has 0 saturated carbocycles. The lowest BCUT2D eigenvalue weighted by Gasteiger charge is -2.12. The highest BCUT2D eigenvalue weighted by molar-refractivity contribution is 6.12. The zero-order valence-corrected chi connectivity index (χ0v) is 23.5. The summed E-state index contributed by atoms with van der Waals surface area (Å²) in [5.74, 6) is 0. The zero-order chi connectivity index (χ0) is 28.3. The van der Waals surface area contributed by atoms with Gasteiger partial charge < -0.3 is 4.57 Å². The Hall–Kier alpha value is -5.66. The number of rotatable bonds is 3. The first-order valence-electron chi connectivity index (χ1n) is 14.9. The van der Waals surface area contributed by atoms with Crippen molar-refractivity contribution in [2.75, 3.05) is 0 Å². The fourth-order valence-corrected chi connectivity index (χ4v) is 6.89. The van der Waals surface area contributed by atoms with Gasteiger partial charge in [0.2, 0.25) is 0 Å². The number of nitrogens with zero attached hydrogens (tertiary/aromatic N) is 1. The van der Waals surface area contributed by atoms with Crippen molar-refractivity contribution < 1.29 is 0 Å². The summed E-state index contributed by atoms with van der Waals surface area (Å²) < 4.78 is 2.42. The topological polar surface area (TPSA) is 4.93 Å². The molecule has 0 amide bonds. The predicted molar refractivity (Wildman–Crippen MR) is 184 cm³/mol. The largest absolute Gasteiger partial charge is 0.309 e. The van der Waals surface area contributed by atoms with Gasteiger partial charge >= 0.3 is 0 Å². The molecule has 0 radical (unpaired) electrons. The highest BCUT2D eigenvalue weighted by Gasteiger charge is 2.15. The number of benzene rings is 8. The number of aromatic nitrogens is 1. The van der Waals surface area contributed by atoms with Crippen molar-refractivity contribution in [3.63, 3.8) is 0 Å². The molecule has 0 saturated heterocycles. The van der Waals surface area contributed by atoms with Crippen LogP contribution < -0.4 is 0 Å². The smallest absolute Gasteiger partial charge is 0.0541 e. The summed E-state index contributed by atoms with van der Waals surface area (Å²) in [6.07, 6.45) is 0. The molecule has 0 spiro atoms. The van der Waals surface area contributed by atoms with E-state index in [1.54, 1.807) is 0 Å². The van der Waals surface area contributed by atoms with Crippen molar-refractivity contribution in [2.45, 2.75) is 0 Å². The van der Waals surface area contributed by atoms with E-state index in [0.717, 1.165) is 0 Å². The Labute approximate surface area is 249 Å². The summed E-state index contributed by atoms with van der Waals surface area (Å²) in [4.78, 5) is 0. The highest BCUT2D eigenvalue weighted by Crippen LogP contribution is 2.38. The van der Waals surface area contributed by atoms with Crippen LogP contribution in [0.2, 0.25) is 0 Å². The van der Waals surface area contributed by atoms with Gasteiger partial charge in [0.1, 0.15) is 0 Å². The second-order valence-corrected chi connectivity index (χ2v) is 11.4. The lowest BCUT2D eigenvalue weighted by molar-refractivity contribution is 1.20. The first-order valence-corrected chi connectivity index (χ1v) is 14.9. The van der Waals surface area contributed by atoms with E-state index in [2.05, 4.69) is 168 Å². The molecule has 0 N–H and O–H groups in total. The molecule has 8 aromatic carbocycles. The third-order valence-corrected chi connectivity index (χ3v) is 8.95. The minimum Gasteiger partial charge on any atom is -0.309 e. The van der Waals surface area contributed by atoms with Crippen LogP contribution in [0.15, 0.2) is 164 Å². The molecule has 0 aliphatic rings. The van der Waals surface area contributed by atoms with Crippen molar-refractivity contribution in [3.05, 3.63) is 164 Å². The molecule has 0 atom stereocenters. The molecule has 0 unspecified atom stereocenters. The van der Waals surface area contributed by atoms with Gasteiger partial charge in [0, 0.05) is 16.2 Å². The Morgan fingerprint density at radius 3 is 1.70 bits per heavy atom. The lowest BCUT2D eigenvalue weighted by atomic mass is 9.95. The van der Waals surface area contributed by atoms with Crippen molar-refractivity contribution in [1.82, 2.24) is 4.57 Å². The second kappa shape index (κ2) is 9.44. The summed E-state index contributed by atoms with van der Waals surface area (Å²) in [6.45, 7) is 0. The monoisotopic (exact) mass is 545 g/mol. The van der Waals surface area contributed by atoms with E-state index in [0.29, 0.717) is 0 Å². The van der Waals surface area contributed by atoms with E-state index in [4.69, 9.17) is 0 Å². The third-order valence-electron chi connectivity index (χ3n) is 8.95. The maximum absolute atomic E-state index is 2.42. The van der Waals surface area contributed by atoms with E-state index in [9.17, 15) is 0 Å². The summed E-state index contributed by atoms with van der Waals surface area (Å²) in [6, 6.07) is 59.8. The Balaban J connectivity index is 1.19. The van der Waals surface area contributed by atoms with E-state index < -0.39 is 0 Å². The molecule has 43 heavy (non-hydrogen) atoms. The Kier molecular flexibility index (Phi) is 5.27. The molecule has 9 rings (SSSR count). The number of hydrogen-bond donors (Lipinski definition) is 0. The van der Waals surface area contributed by atoms with Gasteiger partial charge in [-0.2, -0.15) is 0 Å². The lowest BCUT2D eigenvalue weighted by Crippen LogP contribution is -1.95. The van der Waals surface area contributed by atoms with Crippen LogP contribution in [0.5, 0.6) is 0 Å². The molecule has 0 fully saturated rings. The van der Waals surface area contributed by atoms with Gasteiger partial charge in [0.05, 0.1) is 16.7 Å². The van der Waals surface area contributed by atoms with Crippen LogP contribution >= 0.6 is 0 Å². The van der Waals surface area contributed by atoms with Gasteiger partial charge in [-0.3, -0.25) is 0 Å². The number of fused-ring (bicyclic) bond motifs is 7. The van der Waals surface area contributed by atoms with Gasteiger partial charge in [-0.05, 0) is 85.6 Å². The standard InChI is InChI=1S/C42H27N/c1-3-14-35-29(10-1)19-20-34-26-32(21-23-36(34)35)30-12-7-13-31(25-30)33-22-24-42-39(27-33)38-16-5-6-17-41(38)43(42)40-18-8-11-28-9-2-4-15-37(28)40/h1-27H. The average Bonchev–Trinajstić information content (AvgIpc) is 3.41. The molecule has 1 nitrogen and oxygen atoms in total. The molecule has 1 heterocycles. The maximum atomic E-state index is 2.42. The number of para-hydroxylation sites is 1. The Morgan fingerprint density at radius 2 is 0.837 bits per heavy atom. The van der Waals surface area contributed by atoms with Crippen molar-refractivity contribution in [2.24, 2.45) is 0 Å². The maximum Gasteiger partial charge on any atom is 0.0541 e. The van der Waals surface area contributed by atoms with Crippen LogP contribution in [-0.4, -0.2) is 4.57 Å². The molecular weight excluding hydrogens is 518 g/mol. The molecule has 0 aliphatic heterocycles. The quantitative estimate of drug-likeness (QED) is 0.195. The summed E-state index contributed by atoms with van der Waals surface area (Å²) in [5, 5.41) is 10.2. The van der Waals surface area contributed by atoms with Crippen molar-refractivity contribution in [1.29, 1.82) is 0 Å². The van der Waals surface area contributed by atoms with Gasteiger partial charge in [0.25, 0.3) is 0 Å². The fourth-order valence-electron chi connectivity index (χ4n) is 6.89. The summed E-state index contributed by atoms with van der Waals surface area (Å²) in [5.41, 5.74) is 8.57. The molecule has 0 bridgehead atoms. The minimum absolute atomic E-state index is 1.21. The van der Waals surface area contributed by atoms with Crippen molar-refractivity contribution >= 4 is 54.1 Å². The van der Waals surface area contributed by atoms with E-state index >= 15 is 0 Å². The fraction of sp³-hybridized carbons (Fsp3) is 0. The SMILES string of the molecule is c1cc(-c2ccc3c(ccc4ccccc43)c2)cc(-c2ccc3c(c2)c2ccccc2n3-c2cccc3ccccc23)c1. The average molecular weight is 546 g/mol. The van der Waals surface area contributed by atoms with Crippen LogP contribution in [0.25, 0.3) is 82.1 Å². The second-order valence-electron chi connectivity index (χ2n) is 11.4. The van der Waals surface area contributed by atoms with Crippen LogP contribution in [0.3, 0.4) is 0 Å². The number of hydrogen-bond acceptors (Lipinski definition) is 0. The van der Waals surface area contributed by atoms with E-state index in [1.807, 2.05) is 0 Å². The first kappa shape index (κ1) is 24.0. The van der Waals surface area contributed by atoms with E-state index in [1.165, 1.54) is 82.1 Å². The van der Waals surface area contributed by atoms with E-state index in [-0.39, 0.29) is 0 Å². The predicted octanol–water partition coefficient (Wildman–Crippen LogP) is 11.6. The minimum atomic E-state index is 1.21. The molecule has 9 aromatic rings. The molecular formula is C42H27N. The molecule has 200 valence electrons. The van der Waals surface area contributed by atoms with Crippen LogP contribution in [0, 0.1) is 0 Å². The van der Waals surface area contributed by atoms with Crippen molar-refractivity contribution in [3.8, 4) is 27.9 Å². The summed E-state index contributed by atoms with van der Waals surface area (Å²) >= 11 is 0. The first-order chi connectivity index (χ1) is 21.3. The Bertz CT molecular complexity index is 2510. The molecule has 1 heteroatoms. The highest BCUT2D eigenvalue weighted by atomic mass is 15.0. The normalized spacial score (nSPS) is 11.7.